The number of rotatable bonds is 5. The summed E-state index contributed by atoms with van der Waals surface area (Å²) in [5.41, 5.74) is 0.376. The standard InChI is InChI=1S/C13H16BrNO3S/c1-4-15(7-10-5-6-11(14)19-10)12(16)8(2)9(3)13(17)18/h5-6H,4,7H2,1-3H3,(H,17,18). The molecule has 4 nitrogen and oxygen atoms in total. The monoisotopic (exact) mass is 345 g/mol. The summed E-state index contributed by atoms with van der Waals surface area (Å²) in [4.78, 5) is 25.8. The van der Waals surface area contributed by atoms with E-state index in [9.17, 15) is 9.59 Å². The van der Waals surface area contributed by atoms with E-state index >= 15 is 0 Å². The number of halogens is 1. The molecule has 0 atom stereocenters. The molecule has 0 bridgehead atoms. The molecule has 1 rings (SSSR count). The summed E-state index contributed by atoms with van der Waals surface area (Å²) in [5, 5.41) is 8.92. The molecule has 0 spiro atoms. The van der Waals surface area contributed by atoms with Crippen molar-refractivity contribution in [3.05, 3.63) is 31.9 Å². The molecule has 1 aromatic rings. The fourth-order valence-electron chi connectivity index (χ4n) is 1.51. The molecular formula is C13H16BrNO3S. The van der Waals surface area contributed by atoms with Gasteiger partial charge in [0.15, 0.2) is 0 Å². The summed E-state index contributed by atoms with van der Waals surface area (Å²) in [5.74, 6) is -1.28. The van der Waals surface area contributed by atoms with Crippen LogP contribution >= 0.6 is 27.3 Å². The molecular weight excluding hydrogens is 330 g/mol. The van der Waals surface area contributed by atoms with E-state index in [2.05, 4.69) is 15.9 Å². The van der Waals surface area contributed by atoms with Gasteiger partial charge < -0.3 is 10.0 Å². The number of carbonyl (C=O) groups is 2. The van der Waals surface area contributed by atoms with Gasteiger partial charge in [0.1, 0.15) is 0 Å². The lowest BCUT2D eigenvalue weighted by atomic mass is 10.1. The third-order valence-electron chi connectivity index (χ3n) is 2.85. The van der Waals surface area contributed by atoms with Crippen LogP contribution in [-0.4, -0.2) is 28.4 Å². The molecule has 0 aliphatic heterocycles. The first-order valence-corrected chi connectivity index (χ1v) is 7.42. The first kappa shape index (κ1) is 15.9. The Kier molecular flexibility index (Phi) is 5.75. The van der Waals surface area contributed by atoms with E-state index in [0.29, 0.717) is 13.1 Å². The molecule has 0 saturated heterocycles. The van der Waals surface area contributed by atoms with E-state index in [0.717, 1.165) is 8.66 Å². The van der Waals surface area contributed by atoms with Crippen LogP contribution in [0.25, 0.3) is 0 Å². The summed E-state index contributed by atoms with van der Waals surface area (Å²) < 4.78 is 1.01. The first-order valence-electron chi connectivity index (χ1n) is 5.81. The molecule has 0 aliphatic carbocycles. The molecule has 0 aromatic carbocycles. The molecule has 0 saturated carbocycles. The van der Waals surface area contributed by atoms with Crippen LogP contribution in [0.3, 0.4) is 0 Å². The highest BCUT2D eigenvalue weighted by atomic mass is 79.9. The van der Waals surface area contributed by atoms with E-state index in [-0.39, 0.29) is 17.1 Å². The van der Waals surface area contributed by atoms with Crippen LogP contribution in [0.5, 0.6) is 0 Å². The first-order chi connectivity index (χ1) is 8.86. The number of aliphatic carboxylic acids is 1. The Morgan fingerprint density at radius 2 is 1.95 bits per heavy atom. The number of nitrogens with zero attached hydrogens (tertiary/aromatic N) is 1. The second-order valence-corrected chi connectivity index (χ2v) is 6.63. The largest absolute Gasteiger partial charge is 0.478 e. The van der Waals surface area contributed by atoms with Crippen molar-refractivity contribution in [1.29, 1.82) is 0 Å². The SMILES string of the molecule is CCN(Cc1ccc(Br)s1)C(=O)C(C)=C(C)C(=O)O. The van der Waals surface area contributed by atoms with Crippen molar-refractivity contribution in [1.82, 2.24) is 4.90 Å². The van der Waals surface area contributed by atoms with Gasteiger partial charge in [-0.25, -0.2) is 4.79 Å². The quantitative estimate of drug-likeness (QED) is 0.833. The van der Waals surface area contributed by atoms with Gasteiger partial charge in [0.25, 0.3) is 0 Å². The average molecular weight is 346 g/mol. The van der Waals surface area contributed by atoms with E-state index in [1.165, 1.54) is 6.92 Å². The number of hydrogen-bond acceptors (Lipinski definition) is 3. The number of thiophene rings is 1. The maximum atomic E-state index is 12.2. The Morgan fingerprint density at radius 1 is 1.32 bits per heavy atom. The molecule has 104 valence electrons. The zero-order valence-electron chi connectivity index (χ0n) is 11.1. The maximum Gasteiger partial charge on any atom is 0.331 e. The van der Waals surface area contributed by atoms with Crippen molar-refractivity contribution in [2.24, 2.45) is 0 Å². The third kappa shape index (κ3) is 4.18. The third-order valence-corrected chi connectivity index (χ3v) is 4.46. The van der Waals surface area contributed by atoms with Crippen molar-refractivity contribution < 1.29 is 14.7 Å². The lowest BCUT2D eigenvalue weighted by Gasteiger charge is -2.21. The second kappa shape index (κ2) is 6.86. The van der Waals surface area contributed by atoms with Crippen molar-refractivity contribution in [2.45, 2.75) is 27.3 Å². The molecule has 19 heavy (non-hydrogen) atoms. The van der Waals surface area contributed by atoms with Crippen LogP contribution in [0.2, 0.25) is 0 Å². The normalized spacial score (nSPS) is 12.0. The lowest BCUT2D eigenvalue weighted by molar-refractivity contribution is -0.134. The van der Waals surface area contributed by atoms with Crippen LogP contribution in [0.1, 0.15) is 25.6 Å². The Labute approximate surface area is 124 Å². The van der Waals surface area contributed by atoms with E-state index < -0.39 is 5.97 Å². The molecule has 0 aliphatic rings. The Balaban J connectivity index is 2.89. The van der Waals surface area contributed by atoms with Crippen LogP contribution in [0.4, 0.5) is 0 Å². The fourth-order valence-corrected chi connectivity index (χ4v) is 3.01. The van der Waals surface area contributed by atoms with Crippen LogP contribution in [0.15, 0.2) is 27.1 Å². The minimum Gasteiger partial charge on any atom is -0.478 e. The number of carboxylic acids is 1. The van der Waals surface area contributed by atoms with Gasteiger partial charge in [0.2, 0.25) is 5.91 Å². The Morgan fingerprint density at radius 3 is 2.37 bits per heavy atom. The average Bonchev–Trinajstić information content (AvgIpc) is 2.78. The highest BCUT2D eigenvalue weighted by molar-refractivity contribution is 9.11. The van der Waals surface area contributed by atoms with Gasteiger partial charge in [-0.15, -0.1) is 11.3 Å². The number of amides is 1. The number of carboxylic acid groups (broad SMARTS) is 1. The number of hydrogen-bond donors (Lipinski definition) is 1. The highest BCUT2D eigenvalue weighted by Crippen LogP contribution is 2.23. The topological polar surface area (TPSA) is 57.6 Å². The molecule has 1 heterocycles. The van der Waals surface area contributed by atoms with Crippen molar-refractivity contribution in [2.75, 3.05) is 6.54 Å². The van der Waals surface area contributed by atoms with Crippen LogP contribution in [0, 0.1) is 0 Å². The zero-order chi connectivity index (χ0) is 14.6. The zero-order valence-corrected chi connectivity index (χ0v) is 13.5. The van der Waals surface area contributed by atoms with Gasteiger partial charge in [-0.2, -0.15) is 0 Å². The van der Waals surface area contributed by atoms with Gasteiger partial charge in [-0.3, -0.25) is 4.79 Å². The van der Waals surface area contributed by atoms with Gasteiger partial charge in [-0.05, 0) is 48.8 Å². The minimum absolute atomic E-state index is 0.0933. The summed E-state index contributed by atoms with van der Waals surface area (Å²) in [6.45, 7) is 5.92. The molecule has 1 amide bonds. The predicted octanol–water partition coefficient (Wildman–Crippen LogP) is 3.28. The van der Waals surface area contributed by atoms with Crippen molar-refractivity contribution in [3.8, 4) is 0 Å². The number of likely N-dealkylation sites (N-methyl/N-ethyl adjacent to an activating group) is 1. The molecule has 0 fully saturated rings. The minimum atomic E-state index is -1.05. The van der Waals surface area contributed by atoms with Crippen molar-refractivity contribution >= 4 is 39.1 Å². The number of carbonyl (C=O) groups excluding carboxylic acids is 1. The fraction of sp³-hybridized carbons (Fsp3) is 0.385. The highest BCUT2D eigenvalue weighted by Gasteiger charge is 2.18. The second-order valence-electron chi connectivity index (χ2n) is 4.08. The summed E-state index contributed by atoms with van der Waals surface area (Å²) in [6, 6.07) is 3.89. The summed E-state index contributed by atoms with van der Waals surface area (Å²) in [6.07, 6.45) is 0. The smallest absolute Gasteiger partial charge is 0.331 e. The van der Waals surface area contributed by atoms with Crippen molar-refractivity contribution in [3.63, 3.8) is 0 Å². The van der Waals surface area contributed by atoms with E-state index in [1.807, 2.05) is 19.1 Å². The van der Waals surface area contributed by atoms with E-state index in [4.69, 9.17) is 5.11 Å². The van der Waals surface area contributed by atoms with Gasteiger partial charge in [0, 0.05) is 22.6 Å². The van der Waals surface area contributed by atoms with Gasteiger partial charge in [0.05, 0.1) is 10.3 Å². The summed E-state index contributed by atoms with van der Waals surface area (Å²) >= 11 is 4.95. The Hall–Kier alpha value is -1.14. The Bertz CT molecular complexity index is 522. The van der Waals surface area contributed by atoms with Crippen LogP contribution < -0.4 is 0 Å². The molecule has 0 radical (unpaired) electrons. The molecule has 1 N–H and O–H groups in total. The molecule has 6 heteroatoms. The summed E-state index contributed by atoms with van der Waals surface area (Å²) in [7, 11) is 0. The van der Waals surface area contributed by atoms with Gasteiger partial charge >= 0.3 is 5.97 Å². The van der Waals surface area contributed by atoms with Crippen LogP contribution in [-0.2, 0) is 16.1 Å². The van der Waals surface area contributed by atoms with E-state index in [1.54, 1.807) is 23.2 Å². The van der Waals surface area contributed by atoms with Gasteiger partial charge in [-0.1, -0.05) is 0 Å². The predicted molar refractivity (Wildman–Crippen MR) is 79.1 cm³/mol. The maximum absolute atomic E-state index is 12.2. The molecule has 1 aromatic heterocycles. The lowest BCUT2D eigenvalue weighted by Crippen LogP contribution is -2.31. The molecule has 0 unspecified atom stereocenters.